The minimum absolute atomic E-state index is 0. The van der Waals surface area contributed by atoms with Crippen LogP contribution in [0.5, 0.6) is 0 Å². The lowest BCUT2D eigenvalue weighted by Gasteiger charge is -2.01. The molecular formula is C21H49NO10. The van der Waals surface area contributed by atoms with Gasteiger partial charge in [0.2, 0.25) is 5.91 Å². The van der Waals surface area contributed by atoms with Crippen molar-refractivity contribution in [1.29, 1.82) is 0 Å². The molecular weight excluding hydrogens is 426 g/mol. The van der Waals surface area contributed by atoms with E-state index in [1.165, 1.54) is 0 Å². The van der Waals surface area contributed by atoms with E-state index in [9.17, 15) is 19.2 Å². The third-order valence-electron chi connectivity index (χ3n) is 2.08. The Morgan fingerprint density at radius 1 is 0.719 bits per heavy atom. The van der Waals surface area contributed by atoms with Crippen molar-refractivity contribution in [3.8, 4) is 0 Å². The molecule has 0 saturated carbocycles. The Labute approximate surface area is 194 Å². The minimum Gasteiger partial charge on any atom is -0.481 e. The molecule has 11 nitrogen and oxygen atoms in total. The highest BCUT2D eigenvalue weighted by Crippen LogP contribution is 1.92. The van der Waals surface area contributed by atoms with Crippen molar-refractivity contribution in [3.63, 3.8) is 0 Å². The monoisotopic (exact) mass is 475 g/mol. The summed E-state index contributed by atoms with van der Waals surface area (Å²) in [6.07, 6.45) is 0.189. The lowest BCUT2D eigenvalue weighted by molar-refractivity contribution is -0.147. The number of aliphatic hydroxyl groups excluding tert-OH is 2. The zero-order valence-corrected chi connectivity index (χ0v) is 19.1. The average molecular weight is 476 g/mol. The van der Waals surface area contributed by atoms with Crippen LogP contribution in [0.15, 0.2) is 0 Å². The third kappa shape index (κ3) is 70.8. The highest BCUT2D eigenvalue weighted by atomic mass is 16.5. The van der Waals surface area contributed by atoms with Gasteiger partial charge in [-0.15, -0.1) is 0 Å². The Balaban J connectivity index is -0.0000000565. The number of amides is 1. The number of carbonyl (C=O) groups is 4. The second kappa shape index (κ2) is 46.8. The van der Waals surface area contributed by atoms with E-state index in [1.807, 2.05) is 20.8 Å². The highest BCUT2D eigenvalue weighted by molar-refractivity contribution is 5.81. The van der Waals surface area contributed by atoms with E-state index in [0.29, 0.717) is 19.8 Å². The first-order chi connectivity index (χ1) is 14.2. The Morgan fingerprint density at radius 3 is 1.28 bits per heavy atom. The van der Waals surface area contributed by atoms with E-state index in [2.05, 4.69) is 14.8 Å². The van der Waals surface area contributed by atoms with Gasteiger partial charge >= 0.3 is 17.9 Å². The van der Waals surface area contributed by atoms with Gasteiger partial charge in [-0.2, -0.15) is 0 Å². The van der Waals surface area contributed by atoms with Gasteiger partial charge in [0.05, 0.1) is 32.5 Å². The number of rotatable bonds is 9. The quantitative estimate of drug-likeness (QED) is 0.245. The summed E-state index contributed by atoms with van der Waals surface area (Å²) in [5.74, 6) is -1.85. The third-order valence-corrected chi connectivity index (χ3v) is 2.08. The molecule has 1 amide bonds. The smallest absolute Gasteiger partial charge is 0.306 e. The van der Waals surface area contributed by atoms with Gasteiger partial charge in [-0.3, -0.25) is 19.2 Å². The van der Waals surface area contributed by atoms with Crippen LogP contribution in [-0.4, -0.2) is 77.4 Å². The molecule has 0 aromatic rings. The predicted octanol–water partition coefficient (Wildman–Crippen LogP) is 2.11. The minimum atomic E-state index is -0.979. The van der Waals surface area contributed by atoms with Crippen molar-refractivity contribution in [2.24, 2.45) is 0 Å². The molecule has 5 N–H and O–H groups in total. The standard InChI is InChI=1S/C8H15NO3.C6H10O4.C2H6O.C2H6.CH4O2.2CH4/c1-3-9-7(10)5-6-8(11)12-4-2;1-2-10-6(9)4-3-5(7)8;1-2-3;1-2;2-1-3;;/h3-6H2,1-2H3,(H,9,10);2-4H2,1H3,(H,7,8);3H,2H2,1H3;1-2H3;2-3H,1H2;2*1H4. The number of ether oxygens (including phenoxy) is 2. The highest BCUT2D eigenvalue weighted by Gasteiger charge is 2.05. The Bertz CT molecular complexity index is 371. The summed E-state index contributed by atoms with van der Waals surface area (Å²) in [6.45, 7) is 11.7. The SMILES string of the molecule is C.C.CC.CCNC(=O)CCC(=O)OCC.CCO.CCOC(=O)CCC(=O)O.OCO. The molecule has 0 atom stereocenters. The summed E-state index contributed by atoms with van der Waals surface area (Å²) in [4.78, 5) is 41.9. The first kappa shape index (κ1) is 47.5. The van der Waals surface area contributed by atoms with E-state index >= 15 is 0 Å². The normalized spacial score (nSPS) is 7.53. The molecule has 11 heteroatoms. The van der Waals surface area contributed by atoms with Crippen LogP contribution >= 0.6 is 0 Å². The van der Waals surface area contributed by atoms with E-state index in [1.54, 1.807) is 20.8 Å². The van der Waals surface area contributed by atoms with Gasteiger partial charge in [0.1, 0.15) is 6.79 Å². The molecule has 0 spiro atoms. The number of hydrogen-bond donors (Lipinski definition) is 5. The summed E-state index contributed by atoms with van der Waals surface area (Å²) in [5, 5.41) is 32.5. The molecule has 0 fully saturated rings. The summed E-state index contributed by atoms with van der Waals surface area (Å²) in [7, 11) is 0. The number of nitrogens with one attached hydrogen (secondary N) is 1. The number of aliphatic hydroxyl groups is 3. The molecule has 0 radical (unpaired) electrons. The van der Waals surface area contributed by atoms with Crippen LogP contribution in [0.4, 0.5) is 0 Å². The van der Waals surface area contributed by atoms with Gasteiger partial charge in [-0.25, -0.2) is 0 Å². The summed E-state index contributed by atoms with van der Waals surface area (Å²) in [5.41, 5.74) is 0. The van der Waals surface area contributed by atoms with Crippen molar-refractivity contribution in [1.82, 2.24) is 5.32 Å². The van der Waals surface area contributed by atoms with Crippen LogP contribution in [0, 0.1) is 0 Å². The molecule has 32 heavy (non-hydrogen) atoms. The van der Waals surface area contributed by atoms with Gasteiger partial charge in [-0.1, -0.05) is 28.7 Å². The fraction of sp³-hybridized carbons (Fsp3) is 0.810. The maximum Gasteiger partial charge on any atom is 0.306 e. The molecule has 0 aliphatic rings. The van der Waals surface area contributed by atoms with E-state index < -0.39 is 18.7 Å². The van der Waals surface area contributed by atoms with Gasteiger partial charge < -0.3 is 35.2 Å². The molecule has 0 aromatic carbocycles. The lowest BCUT2D eigenvalue weighted by Crippen LogP contribution is -2.23. The van der Waals surface area contributed by atoms with E-state index in [-0.39, 0.29) is 59.0 Å². The second-order valence-electron chi connectivity index (χ2n) is 4.41. The fourth-order valence-electron chi connectivity index (χ4n) is 1.18. The summed E-state index contributed by atoms with van der Waals surface area (Å²) < 4.78 is 9.14. The maximum atomic E-state index is 10.8. The van der Waals surface area contributed by atoms with Crippen LogP contribution in [-0.2, 0) is 28.7 Å². The molecule has 0 aliphatic carbocycles. The molecule has 0 rings (SSSR count). The first-order valence-corrected chi connectivity index (χ1v) is 9.82. The van der Waals surface area contributed by atoms with Crippen LogP contribution in [0.2, 0.25) is 0 Å². The molecule has 0 aliphatic heterocycles. The Kier molecular flexibility index (Phi) is 69.5. The summed E-state index contributed by atoms with van der Waals surface area (Å²) in [6, 6.07) is 0. The number of carbonyl (C=O) groups excluding carboxylic acids is 3. The molecule has 0 heterocycles. The number of carboxylic acid groups (broad SMARTS) is 1. The summed E-state index contributed by atoms with van der Waals surface area (Å²) >= 11 is 0. The number of hydrogen-bond acceptors (Lipinski definition) is 9. The van der Waals surface area contributed by atoms with Crippen molar-refractivity contribution in [3.05, 3.63) is 0 Å². The zero-order chi connectivity index (χ0) is 24.8. The molecule has 0 unspecified atom stereocenters. The van der Waals surface area contributed by atoms with Gasteiger partial charge in [0.15, 0.2) is 0 Å². The van der Waals surface area contributed by atoms with Crippen molar-refractivity contribution >= 4 is 23.8 Å². The molecule has 198 valence electrons. The van der Waals surface area contributed by atoms with Crippen LogP contribution < -0.4 is 5.32 Å². The van der Waals surface area contributed by atoms with Crippen LogP contribution in [0.3, 0.4) is 0 Å². The molecule has 0 bridgehead atoms. The van der Waals surface area contributed by atoms with Crippen LogP contribution in [0.25, 0.3) is 0 Å². The van der Waals surface area contributed by atoms with Gasteiger partial charge in [-0.05, 0) is 27.7 Å². The maximum absolute atomic E-state index is 10.8. The predicted molar refractivity (Wildman–Crippen MR) is 125 cm³/mol. The van der Waals surface area contributed by atoms with Gasteiger partial charge in [0, 0.05) is 19.6 Å². The fourth-order valence-corrected chi connectivity index (χ4v) is 1.18. The molecule has 0 aromatic heterocycles. The zero-order valence-electron chi connectivity index (χ0n) is 19.1. The molecule has 0 saturated heterocycles. The van der Waals surface area contributed by atoms with Crippen molar-refractivity contribution < 1.29 is 49.1 Å². The Hall–Kier alpha value is -2.24. The number of aliphatic carboxylic acids is 1. The number of esters is 2. The average Bonchev–Trinajstić information content (AvgIpc) is 2.69. The van der Waals surface area contributed by atoms with Crippen LogP contribution in [0.1, 0.15) is 82.1 Å². The van der Waals surface area contributed by atoms with E-state index in [0.717, 1.165) is 0 Å². The topological polar surface area (TPSA) is 180 Å². The largest absolute Gasteiger partial charge is 0.481 e. The second-order valence-corrected chi connectivity index (χ2v) is 4.41. The first-order valence-electron chi connectivity index (χ1n) is 9.82. The number of carboxylic acids is 1. The lowest BCUT2D eigenvalue weighted by atomic mass is 10.3. The van der Waals surface area contributed by atoms with Crippen molar-refractivity contribution in [2.75, 3.05) is 33.2 Å². The Morgan fingerprint density at radius 2 is 1.03 bits per heavy atom. The van der Waals surface area contributed by atoms with E-state index in [4.69, 9.17) is 20.4 Å². The van der Waals surface area contributed by atoms with Gasteiger partial charge in [0.25, 0.3) is 0 Å². The van der Waals surface area contributed by atoms with Crippen molar-refractivity contribution in [2.45, 2.75) is 82.1 Å².